The van der Waals surface area contributed by atoms with Crippen LogP contribution < -0.4 is 10.6 Å². The molecule has 24 heavy (non-hydrogen) atoms. The van der Waals surface area contributed by atoms with E-state index >= 15 is 0 Å². The van der Waals surface area contributed by atoms with Crippen molar-refractivity contribution in [3.63, 3.8) is 0 Å². The Bertz CT molecular complexity index is 681. The highest BCUT2D eigenvalue weighted by molar-refractivity contribution is 5.98. The minimum Gasteiger partial charge on any atom is -0.342 e. The molecular formula is C16H19FN4O3. The number of hydrogen-bond donors (Lipinski definition) is 2. The molecule has 1 aromatic carbocycles. The van der Waals surface area contributed by atoms with Crippen molar-refractivity contribution in [1.29, 1.82) is 0 Å². The molecule has 2 atom stereocenters. The molecule has 7 nitrogen and oxygen atoms in total. The van der Waals surface area contributed by atoms with Gasteiger partial charge in [0.15, 0.2) is 0 Å². The van der Waals surface area contributed by atoms with E-state index in [9.17, 15) is 18.8 Å². The number of halogens is 1. The highest BCUT2D eigenvalue weighted by Gasteiger charge is 2.43. The molecule has 0 radical (unpaired) electrons. The average molecular weight is 334 g/mol. The van der Waals surface area contributed by atoms with Crippen LogP contribution in [0.2, 0.25) is 0 Å². The highest BCUT2D eigenvalue weighted by atomic mass is 19.1. The summed E-state index contributed by atoms with van der Waals surface area (Å²) in [6.07, 6.45) is 0.539. The molecule has 0 unspecified atom stereocenters. The predicted molar refractivity (Wildman–Crippen MR) is 84.7 cm³/mol. The largest absolute Gasteiger partial charge is 0.342 e. The molecule has 0 aliphatic carbocycles. The minimum atomic E-state index is -0.674. The van der Waals surface area contributed by atoms with E-state index in [1.165, 1.54) is 23.1 Å². The van der Waals surface area contributed by atoms with Crippen LogP contribution in [0.3, 0.4) is 0 Å². The summed E-state index contributed by atoms with van der Waals surface area (Å²) in [5.41, 5.74) is 0.345. The molecule has 1 aromatic rings. The normalized spacial score (nSPS) is 23.6. The zero-order valence-corrected chi connectivity index (χ0v) is 13.3. The summed E-state index contributed by atoms with van der Waals surface area (Å²) in [4.78, 5) is 39.8. The van der Waals surface area contributed by atoms with Gasteiger partial charge in [0.05, 0.1) is 6.54 Å². The molecule has 2 fully saturated rings. The van der Waals surface area contributed by atoms with Gasteiger partial charge in [-0.3, -0.25) is 9.59 Å². The number of benzene rings is 1. The summed E-state index contributed by atoms with van der Waals surface area (Å²) in [5.74, 6) is -0.794. The van der Waals surface area contributed by atoms with Gasteiger partial charge in [-0.15, -0.1) is 0 Å². The van der Waals surface area contributed by atoms with E-state index in [4.69, 9.17) is 0 Å². The van der Waals surface area contributed by atoms with Crippen molar-refractivity contribution in [3.8, 4) is 0 Å². The van der Waals surface area contributed by atoms with Crippen molar-refractivity contribution >= 4 is 23.5 Å². The van der Waals surface area contributed by atoms with E-state index in [2.05, 4.69) is 10.6 Å². The summed E-state index contributed by atoms with van der Waals surface area (Å²) in [5, 5.41) is 5.30. The van der Waals surface area contributed by atoms with E-state index in [0.717, 1.165) is 0 Å². The predicted octanol–water partition coefficient (Wildman–Crippen LogP) is 0.779. The van der Waals surface area contributed by atoms with Gasteiger partial charge in [0.1, 0.15) is 17.9 Å². The number of amides is 4. The summed E-state index contributed by atoms with van der Waals surface area (Å²) in [7, 11) is 0. The Morgan fingerprint density at radius 3 is 2.88 bits per heavy atom. The van der Waals surface area contributed by atoms with Crippen molar-refractivity contribution in [2.24, 2.45) is 0 Å². The SMILES string of the molecule is CC[C@@H]1NC(=O)[C@H]2CN(C(=O)Nc3cccc(F)c3)CCN2C1=O. The fourth-order valence-electron chi connectivity index (χ4n) is 3.03. The lowest BCUT2D eigenvalue weighted by molar-refractivity contribution is -0.152. The Hall–Kier alpha value is -2.64. The molecule has 2 aliphatic rings. The Labute approximate surface area is 138 Å². The number of carbonyl (C=O) groups is 3. The van der Waals surface area contributed by atoms with Gasteiger partial charge < -0.3 is 20.4 Å². The zero-order chi connectivity index (χ0) is 17.3. The molecule has 0 saturated carbocycles. The molecule has 2 N–H and O–H groups in total. The van der Waals surface area contributed by atoms with Crippen LogP contribution in [-0.2, 0) is 9.59 Å². The lowest BCUT2D eigenvalue weighted by Gasteiger charge is -2.45. The van der Waals surface area contributed by atoms with Crippen molar-refractivity contribution in [2.75, 3.05) is 25.0 Å². The molecule has 3 rings (SSSR count). The molecular weight excluding hydrogens is 315 g/mol. The first kappa shape index (κ1) is 16.2. The second-order valence-electron chi connectivity index (χ2n) is 5.90. The van der Waals surface area contributed by atoms with Gasteiger partial charge in [0, 0.05) is 18.8 Å². The lowest BCUT2D eigenvalue weighted by atomic mass is 10.0. The van der Waals surface area contributed by atoms with Crippen LogP contribution in [0.1, 0.15) is 13.3 Å². The molecule has 2 saturated heterocycles. The topological polar surface area (TPSA) is 81.8 Å². The first-order chi connectivity index (χ1) is 11.5. The second kappa shape index (κ2) is 6.46. The van der Waals surface area contributed by atoms with Gasteiger partial charge in [0.25, 0.3) is 0 Å². The monoisotopic (exact) mass is 334 g/mol. The summed E-state index contributed by atoms with van der Waals surface area (Å²) < 4.78 is 13.2. The van der Waals surface area contributed by atoms with E-state index in [-0.39, 0.29) is 18.4 Å². The van der Waals surface area contributed by atoms with E-state index in [1.54, 1.807) is 11.0 Å². The van der Waals surface area contributed by atoms with Gasteiger partial charge >= 0.3 is 6.03 Å². The zero-order valence-electron chi connectivity index (χ0n) is 13.3. The summed E-state index contributed by atoms with van der Waals surface area (Å²) in [6.45, 7) is 2.60. The molecule has 128 valence electrons. The highest BCUT2D eigenvalue weighted by Crippen LogP contribution is 2.18. The number of fused-ring (bicyclic) bond motifs is 1. The fourth-order valence-corrected chi connectivity index (χ4v) is 3.03. The van der Waals surface area contributed by atoms with Crippen molar-refractivity contribution < 1.29 is 18.8 Å². The minimum absolute atomic E-state index is 0.104. The van der Waals surface area contributed by atoms with Crippen molar-refractivity contribution in [2.45, 2.75) is 25.4 Å². The van der Waals surface area contributed by atoms with Gasteiger partial charge in [-0.2, -0.15) is 0 Å². The molecule has 0 bridgehead atoms. The molecule has 0 spiro atoms. The second-order valence-corrected chi connectivity index (χ2v) is 5.90. The number of piperazine rings is 2. The Morgan fingerprint density at radius 2 is 2.17 bits per heavy atom. The molecule has 4 amide bonds. The van der Waals surface area contributed by atoms with Crippen molar-refractivity contribution in [1.82, 2.24) is 15.1 Å². The average Bonchev–Trinajstić information content (AvgIpc) is 2.57. The molecule has 8 heteroatoms. The maximum absolute atomic E-state index is 13.2. The molecule has 2 heterocycles. The van der Waals surface area contributed by atoms with Crippen LogP contribution in [0, 0.1) is 5.82 Å². The lowest BCUT2D eigenvalue weighted by Crippen LogP contribution is -2.69. The van der Waals surface area contributed by atoms with E-state index in [0.29, 0.717) is 25.2 Å². The fraction of sp³-hybridized carbons (Fsp3) is 0.438. The Kier molecular flexibility index (Phi) is 4.37. The first-order valence-electron chi connectivity index (χ1n) is 7.92. The van der Waals surface area contributed by atoms with Crippen LogP contribution >= 0.6 is 0 Å². The number of nitrogens with one attached hydrogen (secondary N) is 2. The Balaban J connectivity index is 1.67. The maximum atomic E-state index is 13.2. The third-order valence-corrected chi connectivity index (χ3v) is 4.35. The van der Waals surface area contributed by atoms with Gasteiger partial charge in [-0.1, -0.05) is 13.0 Å². The Morgan fingerprint density at radius 1 is 1.38 bits per heavy atom. The van der Waals surface area contributed by atoms with Gasteiger partial charge in [-0.25, -0.2) is 9.18 Å². The first-order valence-corrected chi connectivity index (χ1v) is 7.92. The van der Waals surface area contributed by atoms with Crippen LogP contribution in [0.5, 0.6) is 0 Å². The van der Waals surface area contributed by atoms with Gasteiger partial charge in [0.2, 0.25) is 11.8 Å². The maximum Gasteiger partial charge on any atom is 0.321 e. The van der Waals surface area contributed by atoms with Gasteiger partial charge in [-0.05, 0) is 24.6 Å². The third kappa shape index (κ3) is 3.04. The number of rotatable bonds is 2. The molecule has 2 aliphatic heterocycles. The van der Waals surface area contributed by atoms with Crippen molar-refractivity contribution in [3.05, 3.63) is 30.1 Å². The summed E-state index contributed by atoms with van der Waals surface area (Å²) in [6, 6.07) is 4.01. The smallest absolute Gasteiger partial charge is 0.321 e. The van der Waals surface area contributed by atoms with Crippen LogP contribution in [0.4, 0.5) is 14.9 Å². The van der Waals surface area contributed by atoms with E-state index in [1.807, 2.05) is 6.92 Å². The number of carbonyl (C=O) groups excluding carboxylic acids is 3. The summed E-state index contributed by atoms with van der Waals surface area (Å²) >= 11 is 0. The number of hydrogen-bond acceptors (Lipinski definition) is 3. The number of urea groups is 1. The number of nitrogens with zero attached hydrogens (tertiary/aromatic N) is 2. The molecule has 0 aromatic heterocycles. The quantitative estimate of drug-likeness (QED) is 0.838. The third-order valence-electron chi connectivity index (χ3n) is 4.35. The van der Waals surface area contributed by atoms with Crippen LogP contribution in [0.15, 0.2) is 24.3 Å². The van der Waals surface area contributed by atoms with Crippen LogP contribution in [0.25, 0.3) is 0 Å². The standard InChI is InChI=1S/C16H19FN4O3/c1-2-12-15(23)21-7-6-20(9-13(21)14(22)19-12)16(24)18-11-5-3-4-10(17)8-11/h3-5,8,12-13H,2,6-7,9H2,1H3,(H,18,24)(H,19,22)/t12-,13+/m0/s1. The van der Waals surface area contributed by atoms with E-state index < -0.39 is 23.9 Å². The van der Waals surface area contributed by atoms with Crippen LogP contribution in [-0.4, -0.2) is 59.4 Å². The number of anilines is 1.